The molecule has 0 aliphatic carbocycles. The molecule has 0 saturated carbocycles. The molecule has 1 aliphatic heterocycles. The molecule has 3 N–H and O–H groups in total. The Morgan fingerprint density at radius 1 is 1.24 bits per heavy atom. The van der Waals surface area contributed by atoms with Crippen molar-refractivity contribution in [2.24, 2.45) is 0 Å². The third-order valence-electron chi connectivity index (χ3n) is 3.40. The smallest absolute Gasteiger partial charge is 0.407 e. The first-order chi connectivity index (χ1) is 11.7. The van der Waals surface area contributed by atoms with Crippen LogP contribution in [0.1, 0.15) is 26.3 Å². The highest BCUT2D eigenvalue weighted by Gasteiger charge is 2.29. The Morgan fingerprint density at radius 3 is 2.48 bits per heavy atom. The minimum absolute atomic E-state index is 0.0867. The molecule has 8 heteroatoms. The number of aliphatic hydroxyl groups excluding tert-OH is 1. The summed E-state index contributed by atoms with van der Waals surface area (Å²) in [6.07, 6.45) is -2.49. The predicted octanol–water partition coefficient (Wildman–Crippen LogP) is 1.34. The van der Waals surface area contributed by atoms with Crippen LogP contribution in [0.4, 0.5) is 4.79 Å². The van der Waals surface area contributed by atoms with Crippen molar-refractivity contribution in [3.05, 3.63) is 23.8 Å². The lowest BCUT2D eigenvalue weighted by molar-refractivity contribution is -0.148. The van der Waals surface area contributed by atoms with Gasteiger partial charge in [-0.1, -0.05) is 6.07 Å². The molecule has 2 unspecified atom stereocenters. The summed E-state index contributed by atoms with van der Waals surface area (Å²) in [5.41, 5.74) is -0.0506. The first kappa shape index (κ1) is 18.9. The van der Waals surface area contributed by atoms with Crippen LogP contribution in [0.5, 0.6) is 11.5 Å². The van der Waals surface area contributed by atoms with Crippen LogP contribution < -0.4 is 14.8 Å². The molecule has 25 heavy (non-hydrogen) atoms. The summed E-state index contributed by atoms with van der Waals surface area (Å²) in [7, 11) is 0. The quantitative estimate of drug-likeness (QED) is 0.732. The number of carbonyl (C=O) groups excluding carboxylic acids is 1. The molecular formula is C17H23NO7. The molecule has 0 bridgehead atoms. The highest BCUT2D eigenvalue weighted by atomic mass is 16.6. The van der Waals surface area contributed by atoms with Crippen LogP contribution in [0.25, 0.3) is 0 Å². The van der Waals surface area contributed by atoms with Gasteiger partial charge in [-0.3, -0.25) is 0 Å². The third kappa shape index (κ3) is 5.53. The van der Waals surface area contributed by atoms with Crippen molar-refractivity contribution in [2.45, 2.75) is 44.9 Å². The van der Waals surface area contributed by atoms with Crippen LogP contribution in [0.15, 0.2) is 18.2 Å². The van der Waals surface area contributed by atoms with Gasteiger partial charge in [0.05, 0.1) is 6.04 Å². The molecule has 1 aromatic rings. The summed E-state index contributed by atoms with van der Waals surface area (Å²) in [4.78, 5) is 23.1. The van der Waals surface area contributed by atoms with Crippen LogP contribution in [-0.2, 0) is 16.0 Å². The number of aliphatic hydroxyl groups is 1. The van der Waals surface area contributed by atoms with Crippen LogP contribution in [0.3, 0.4) is 0 Å². The van der Waals surface area contributed by atoms with Gasteiger partial charge >= 0.3 is 12.1 Å². The number of nitrogens with one attached hydrogen (secondary N) is 1. The number of ether oxygens (including phenoxy) is 3. The van der Waals surface area contributed by atoms with Gasteiger partial charge in [0.25, 0.3) is 0 Å². The standard InChI is InChI=1S/C17H23NO7/c1-17(2,3)25-16(22)18-11(14(19)15(20)21)8-10-4-5-12-13(9-10)24-7-6-23-12/h4-5,9,11,14,19H,6-8H2,1-3H3,(H,18,22)(H,20,21). The van der Waals surface area contributed by atoms with E-state index in [1.165, 1.54) is 0 Å². The molecule has 1 heterocycles. The zero-order valence-electron chi connectivity index (χ0n) is 14.4. The van der Waals surface area contributed by atoms with Gasteiger partial charge in [-0.25, -0.2) is 9.59 Å². The minimum Gasteiger partial charge on any atom is -0.486 e. The Bertz CT molecular complexity index is 638. The molecule has 0 aromatic heterocycles. The van der Waals surface area contributed by atoms with Gasteiger partial charge in [0.1, 0.15) is 18.8 Å². The lowest BCUT2D eigenvalue weighted by Gasteiger charge is -2.25. The van der Waals surface area contributed by atoms with Gasteiger partial charge in [-0.2, -0.15) is 0 Å². The average Bonchev–Trinajstić information content (AvgIpc) is 2.51. The normalized spacial score (nSPS) is 15.8. The number of carboxylic acid groups (broad SMARTS) is 1. The van der Waals surface area contributed by atoms with E-state index in [0.717, 1.165) is 0 Å². The Balaban J connectivity index is 2.13. The van der Waals surface area contributed by atoms with E-state index in [0.29, 0.717) is 30.3 Å². The number of aliphatic carboxylic acids is 1. The van der Waals surface area contributed by atoms with E-state index in [4.69, 9.17) is 19.3 Å². The second kappa shape index (κ2) is 7.60. The summed E-state index contributed by atoms with van der Waals surface area (Å²) in [5.74, 6) is -0.284. The maximum atomic E-state index is 11.9. The van der Waals surface area contributed by atoms with Gasteiger partial charge < -0.3 is 29.7 Å². The van der Waals surface area contributed by atoms with Gasteiger partial charge in [-0.15, -0.1) is 0 Å². The van der Waals surface area contributed by atoms with Crippen LogP contribution >= 0.6 is 0 Å². The Kier molecular flexibility index (Phi) is 5.73. The molecular weight excluding hydrogens is 330 g/mol. The third-order valence-corrected chi connectivity index (χ3v) is 3.40. The fourth-order valence-corrected chi connectivity index (χ4v) is 2.34. The first-order valence-electron chi connectivity index (χ1n) is 7.94. The fourth-order valence-electron chi connectivity index (χ4n) is 2.34. The lowest BCUT2D eigenvalue weighted by Crippen LogP contribution is -2.49. The van der Waals surface area contributed by atoms with E-state index < -0.39 is 29.8 Å². The number of hydrogen-bond acceptors (Lipinski definition) is 6. The maximum Gasteiger partial charge on any atom is 0.407 e. The molecule has 1 amide bonds. The summed E-state index contributed by atoms with van der Waals surface area (Å²) in [6, 6.07) is 4.08. The zero-order chi connectivity index (χ0) is 18.6. The molecule has 0 fully saturated rings. The van der Waals surface area contributed by atoms with E-state index in [2.05, 4.69) is 5.32 Å². The summed E-state index contributed by atoms with van der Waals surface area (Å²) in [6.45, 7) is 5.96. The number of carbonyl (C=O) groups is 2. The van der Waals surface area contributed by atoms with Crippen LogP contribution in [0.2, 0.25) is 0 Å². The molecule has 0 saturated heterocycles. The van der Waals surface area contributed by atoms with E-state index in [1.807, 2.05) is 0 Å². The minimum atomic E-state index is -1.78. The van der Waals surface area contributed by atoms with Crippen molar-refractivity contribution in [1.29, 1.82) is 0 Å². The zero-order valence-corrected chi connectivity index (χ0v) is 14.4. The van der Waals surface area contributed by atoms with Crippen molar-refractivity contribution >= 4 is 12.1 Å². The number of hydrogen-bond donors (Lipinski definition) is 3. The van der Waals surface area contributed by atoms with E-state index in [9.17, 15) is 14.7 Å². The van der Waals surface area contributed by atoms with Gasteiger partial charge in [0.2, 0.25) is 0 Å². The SMILES string of the molecule is CC(C)(C)OC(=O)NC(Cc1ccc2c(c1)OCCO2)C(O)C(=O)O. The highest BCUT2D eigenvalue weighted by molar-refractivity contribution is 5.75. The van der Waals surface area contributed by atoms with Crippen molar-refractivity contribution in [3.63, 3.8) is 0 Å². The molecule has 0 radical (unpaired) electrons. The summed E-state index contributed by atoms with van der Waals surface area (Å²) < 4.78 is 16.0. The highest BCUT2D eigenvalue weighted by Crippen LogP contribution is 2.31. The topological polar surface area (TPSA) is 114 Å². The maximum absolute atomic E-state index is 11.9. The number of fused-ring (bicyclic) bond motifs is 1. The molecule has 138 valence electrons. The number of benzene rings is 1. The monoisotopic (exact) mass is 353 g/mol. The van der Waals surface area contributed by atoms with Gasteiger partial charge in [0, 0.05) is 0 Å². The number of amides is 1. The van der Waals surface area contributed by atoms with Gasteiger partial charge in [0.15, 0.2) is 17.6 Å². The number of rotatable bonds is 5. The van der Waals surface area contributed by atoms with Gasteiger partial charge in [-0.05, 0) is 44.9 Å². The van der Waals surface area contributed by atoms with Crippen LogP contribution in [0, 0.1) is 0 Å². The summed E-state index contributed by atoms with van der Waals surface area (Å²) >= 11 is 0. The Hall–Kier alpha value is -2.48. The molecule has 0 spiro atoms. The van der Waals surface area contributed by atoms with Crippen LogP contribution in [-0.4, -0.2) is 53.2 Å². The molecule has 1 aliphatic rings. The average molecular weight is 353 g/mol. The number of carboxylic acids is 1. The predicted molar refractivity (Wildman–Crippen MR) is 87.9 cm³/mol. The van der Waals surface area contributed by atoms with E-state index in [-0.39, 0.29) is 6.42 Å². The second-order valence-corrected chi connectivity index (χ2v) is 6.72. The molecule has 2 rings (SSSR count). The van der Waals surface area contributed by atoms with Crippen molar-refractivity contribution in [3.8, 4) is 11.5 Å². The van der Waals surface area contributed by atoms with E-state index in [1.54, 1.807) is 39.0 Å². The summed E-state index contributed by atoms with van der Waals surface area (Å²) in [5, 5.41) is 21.4. The molecule has 2 atom stereocenters. The van der Waals surface area contributed by atoms with Crippen molar-refractivity contribution in [2.75, 3.05) is 13.2 Å². The Morgan fingerprint density at radius 2 is 1.88 bits per heavy atom. The molecule has 1 aromatic carbocycles. The van der Waals surface area contributed by atoms with Crippen molar-refractivity contribution in [1.82, 2.24) is 5.32 Å². The molecule has 8 nitrogen and oxygen atoms in total. The lowest BCUT2D eigenvalue weighted by atomic mass is 10.0. The largest absolute Gasteiger partial charge is 0.486 e. The number of alkyl carbamates (subject to hydrolysis) is 1. The second-order valence-electron chi connectivity index (χ2n) is 6.72. The first-order valence-corrected chi connectivity index (χ1v) is 7.94. The van der Waals surface area contributed by atoms with Crippen molar-refractivity contribution < 1.29 is 34.0 Å². The fraction of sp³-hybridized carbons (Fsp3) is 0.529. The van der Waals surface area contributed by atoms with E-state index >= 15 is 0 Å². The Labute approximate surface area is 145 Å².